The van der Waals surface area contributed by atoms with Crippen molar-refractivity contribution in [3.05, 3.63) is 72.6 Å². The predicted molar refractivity (Wildman–Crippen MR) is 126 cm³/mol. The first-order valence-corrected chi connectivity index (χ1v) is 11.1. The molecule has 162 valence electrons. The van der Waals surface area contributed by atoms with E-state index >= 15 is 0 Å². The Labute approximate surface area is 187 Å². The monoisotopic (exact) mass is 426 g/mol. The predicted octanol–water partition coefficient (Wildman–Crippen LogP) is 6.34. The lowest BCUT2D eigenvalue weighted by Gasteiger charge is -2.39. The largest absolute Gasteiger partial charge is 0.493 e. The molecule has 1 saturated carbocycles. The van der Waals surface area contributed by atoms with Crippen molar-refractivity contribution in [1.82, 2.24) is 15.0 Å². The summed E-state index contributed by atoms with van der Waals surface area (Å²) in [5.41, 5.74) is 4.22. The maximum atomic E-state index is 10.2. The minimum atomic E-state index is -0.120. The molecule has 2 aromatic heterocycles. The molecule has 1 fully saturated rings. The highest BCUT2D eigenvalue weighted by molar-refractivity contribution is 5.82. The van der Waals surface area contributed by atoms with Gasteiger partial charge in [-0.25, -0.2) is 0 Å². The molecule has 2 aromatic carbocycles. The third kappa shape index (κ3) is 3.96. The lowest BCUT2D eigenvalue weighted by atomic mass is 9.90. The van der Waals surface area contributed by atoms with Crippen LogP contribution >= 0.6 is 0 Å². The highest BCUT2D eigenvalue weighted by Gasteiger charge is 2.26. The number of aromatic nitrogens is 3. The van der Waals surface area contributed by atoms with Crippen LogP contribution in [0.5, 0.6) is 17.6 Å². The lowest BCUT2D eigenvalue weighted by molar-refractivity contribution is 0.408. The molecule has 4 aromatic rings. The molecule has 0 bridgehead atoms. The number of nitrogens with zero attached hydrogens (tertiary/aromatic N) is 4. The van der Waals surface area contributed by atoms with Gasteiger partial charge in [0.2, 0.25) is 5.88 Å². The average molecular weight is 427 g/mol. The number of fused-ring (bicyclic) bond motifs is 1. The zero-order chi connectivity index (χ0) is 22.1. The van der Waals surface area contributed by atoms with Crippen LogP contribution in [0.4, 0.5) is 11.4 Å². The van der Waals surface area contributed by atoms with Crippen LogP contribution in [-0.4, -0.2) is 26.1 Å². The summed E-state index contributed by atoms with van der Waals surface area (Å²) in [6, 6.07) is 19.1. The van der Waals surface area contributed by atoms with E-state index in [0.29, 0.717) is 28.6 Å². The number of pyridine rings is 1. The van der Waals surface area contributed by atoms with Gasteiger partial charge in [-0.1, -0.05) is 26.0 Å². The van der Waals surface area contributed by atoms with E-state index in [-0.39, 0.29) is 11.9 Å². The zero-order valence-corrected chi connectivity index (χ0v) is 18.3. The Balaban J connectivity index is 1.39. The van der Waals surface area contributed by atoms with Crippen LogP contribution < -0.4 is 9.64 Å². The van der Waals surface area contributed by atoms with Gasteiger partial charge in [0.05, 0.1) is 17.1 Å². The first kappa shape index (κ1) is 20.2. The van der Waals surface area contributed by atoms with E-state index in [1.165, 1.54) is 30.5 Å². The Morgan fingerprint density at radius 2 is 1.62 bits per heavy atom. The fraction of sp³-hybridized carbons (Fsp3) is 0.269. The van der Waals surface area contributed by atoms with Crippen molar-refractivity contribution >= 4 is 22.3 Å². The number of benzene rings is 2. The van der Waals surface area contributed by atoms with Crippen LogP contribution in [0.3, 0.4) is 0 Å². The molecule has 5 rings (SSSR count). The summed E-state index contributed by atoms with van der Waals surface area (Å²) in [6.07, 6.45) is 6.83. The smallest absolute Gasteiger partial charge is 0.325 e. The maximum Gasteiger partial charge on any atom is 0.325 e. The third-order valence-electron chi connectivity index (χ3n) is 6.06. The van der Waals surface area contributed by atoms with Gasteiger partial charge >= 0.3 is 6.01 Å². The molecule has 1 aliphatic carbocycles. The summed E-state index contributed by atoms with van der Waals surface area (Å²) in [4.78, 5) is 14.9. The molecule has 0 amide bonds. The third-order valence-corrected chi connectivity index (χ3v) is 6.06. The van der Waals surface area contributed by atoms with Crippen molar-refractivity contribution in [2.24, 2.45) is 0 Å². The summed E-state index contributed by atoms with van der Waals surface area (Å²) in [5, 5.41) is 10.7. The Morgan fingerprint density at radius 3 is 2.25 bits per heavy atom. The molecule has 0 radical (unpaired) electrons. The van der Waals surface area contributed by atoms with Crippen molar-refractivity contribution in [2.75, 3.05) is 4.90 Å². The minimum absolute atomic E-state index is 0.0934. The van der Waals surface area contributed by atoms with E-state index in [9.17, 15) is 5.11 Å². The highest BCUT2D eigenvalue weighted by atomic mass is 16.5. The second-order valence-electron chi connectivity index (χ2n) is 8.52. The first-order valence-electron chi connectivity index (χ1n) is 11.1. The minimum Gasteiger partial charge on any atom is -0.493 e. The van der Waals surface area contributed by atoms with Gasteiger partial charge in [0, 0.05) is 23.6 Å². The van der Waals surface area contributed by atoms with Crippen molar-refractivity contribution < 1.29 is 9.84 Å². The van der Waals surface area contributed by atoms with Gasteiger partial charge in [-0.05, 0) is 73.2 Å². The summed E-state index contributed by atoms with van der Waals surface area (Å²) < 4.78 is 5.82. The summed E-state index contributed by atoms with van der Waals surface area (Å²) in [5.74, 6) is 1.01. The molecule has 0 unspecified atom stereocenters. The van der Waals surface area contributed by atoms with Crippen LogP contribution in [0.1, 0.15) is 44.6 Å². The van der Waals surface area contributed by atoms with Gasteiger partial charge < -0.3 is 14.7 Å². The fourth-order valence-electron chi connectivity index (χ4n) is 4.00. The van der Waals surface area contributed by atoms with Crippen LogP contribution in [0.15, 0.2) is 67.0 Å². The molecule has 6 nitrogen and oxygen atoms in total. The summed E-state index contributed by atoms with van der Waals surface area (Å²) in [6.45, 7) is 4.43. The van der Waals surface area contributed by atoms with Crippen molar-refractivity contribution in [2.45, 2.75) is 45.1 Å². The normalized spacial score (nSPS) is 13.8. The Morgan fingerprint density at radius 1 is 0.938 bits per heavy atom. The van der Waals surface area contributed by atoms with E-state index in [2.05, 4.69) is 70.1 Å². The summed E-state index contributed by atoms with van der Waals surface area (Å²) in [7, 11) is 0. The summed E-state index contributed by atoms with van der Waals surface area (Å²) >= 11 is 0. The van der Waals surface area contributed by atoms with E-state index in [4.69, 9.17) is 4.74 Å². The quantitative estimate of drug-likeness (QED) is 0.388. The van der Waals surface area contributed by atoms with Gasteiger partial charge in [0.25, 0.3) is 0 Å². The molecule has 1 aliphatic rings. The van der Waals surface area contributed by atoms with E-state index in [1.54, 1.807) is 18.5 Å². The lowest BCUT2D eigenvalue weighted by Crippen LogP contribution is -2.36. The fourth-order valence-corrected chi connectivity index (χ4v) is 4.00. The molecule has 2 heterocycles. The molecule has 0 saturated heterocycles. The Kier molecular flexibility index (Phi) is 5.35. The number of aromatic hydroxyl groups is 1. The number of hydrogen-bond acceptors (Lipinski definition) is 6. The molecular weight excluding hydrogens is 400 g/mol. The number of rotatable bonds is 6. The van der Waals surface area contributed by atoms with Crippen LogP contribution in [0, 0.1) is 0 Å². The van der Waals surface area contributed by atoms with Crippen LogP contribution in [0.25, 0.3) is 10.9 Å². The van der Waals surface area contributed by atoms with Gasteiger partial charge in [-0.15, -0.1) is 0 Å². The topological polar surface area (TPSA) is 71.4 Å². The first-order chi connectivity index (χ1) is 15.6. The van der Waals surface area contributed by atoms with Crippen molar-refractivity contribution in [3.8, 4) is 17.6 Å². The zero-order valence-electron chi connectivity index (χ0n) is 18.3. The second-order valence-corrected chi connectivity index (χ2v) is 8.52. The van der Waals surface area contributed by atoms with E-state index < -0.39 is 0 Å². The Bertz CT molecular complexity index is 1220. The average Bonchev–Trinajstić information content (AvgIpc) is 2.77. The molecule has 6 heteroatoms. The van der Waals surface area contributed by atoms with Gasteiger partial charge in [0.15, 0.2) is 0 Å². The number of ether oxygens (including phenoxy) is 1. The van der Waals surface area contributed by atoms with Gasteiger partial charge in [-0.2, -0.15) is 9.97 Å². The van der Waals surface area contributed by atoms with Crippen molar-refractivity contribution in [3.63, 3.8) is 0 Å². The van der Waals surface area contributed by atoms with Crippen molar-refractivity contribution in [1.29, 1.82) is 0 Å². The number of hydrogen-bond donors (Lipinski definition) is 1. The second kappa shape index (κ2) is 8.46. The highest BCUT2D eigenvalue weighted by Crippen LogP contribution is 2.37. The van der Waals surface area contributed by atoms with E-state index in [1.807, 2.05) is 12.1 Å². The molecule has 0 atom stereocenters. The molecule has 0 aliphatic heterocycles. The number of anilines is 2. The standard InChI is InChI=1S/C26H26N4O2/c1-17(2)18-6-8-20(9-7-18)30(19-4-3-5-19)21-10-12-22(13-11-21)32-26-28-24-16-27-15-14-23(24)25(31)29-26/h6-17,19H,3-5H2,1-2H3,(H,28,29,31). The van der Waals surface area contributed by atoms with Crippen LogP contribution in [-0.2, 0) is 0 Å². The van der Waals surface area contributed by atoms with Gasteiger partial charge in [-0.3, -0.25) is 4.98 Å². The molecule has 0 spiro atoms. The van der Waals surface area contributed by atoms with Gasteiger partial charge in [0.1, 0.15) is 5.75 Å². The maximum absolute atomic E-state index is 10.2. The van der Waals surface area contributed by atoms with Crippen LogP contribution in [0.2, 0.25) is 0 Å². The van der Waals surface area contributed by atoms with E-state index in [0.717, 1.165) is 5.69 Å². The molecule has 32 heavy (non-hydrogen) atoms. The molecular formula is C26H26N4O2. The Hall–Kier alpha value is -3.67. The SMILES string of the molecule is CC(C)c1ccc(N(c2ccc(Oc3nc(O)c4ccncc4n3)cc2)C2CCC2)cc1. The molecule has 1 N–H and O–H groups in total.